The third kappa shape index (κ3) is 4.43. The molecule has 1 saturated heterocycles. The summed E-state index contributed by atoms with van der Waals surface area (Å²) in [6, 6.07) is 7.64. The van der Waals surface area contributed by atoms with Crippen LogP contribution in [0.15, 0.2) is 28.8 Å². The first-order valence-electron chi connectivity index (χ1n) is 8.58. The number of benzene rings is 1. The fourth-order valence-electron chi connectivity index (χ4n) is 3.10. The zero-order valence-corrected chi connectivity index (χ0v) is 14.7. The fourth-order valence-corrected chi connectivity index (χ4v) is 3.10. The van der Waals surface area contributed by atoms with E-state index in [-0.39, 0.29) is 11.4 Å². The first-order valence-corrected chi connectivity index (χ1v) is 8.58. The molecule has 7 heteroatoms. The van der Waals surface area contributed by atoms with Gasteiger partial charge in [-0.05, 0) is 32.8 Å². The van der Waals surface area contributed by atoms with E-state index in [1.807, 2.05) is 12.1 Å². The highest BCUT2D eigenvalue weighted by Gasteiger charge is 2.29. The lowest BCUT2D eigenvalue weighted by Gasteiger charge is -2.35. The van der Waals surface area contributed by atoms with Gasteiger partial charge in [-0.1, -0.05) is 17.3 Å². The molecule has 2 heterocycles. The van der Waals surface area contributed by atoms with Crippen LogP contribution in [0.4, 0.5) is 11.6 Å². The highest BCUT2D eigenvalue weighted by atomic mass is 16.5. The molecule has 5 N–H and O–H groups in total. The molecule has 1 aromatic carbocycles. The van der Waals surface area contributed by atoms with E-state index < -0.39 is 0 Å². The normalized spacial score (nSPS) is 19.6. The molecular weight excluding hydrogens is 320 g/mol. The van der Waals surface area contributed by atoms with Crippen LogP contribution in [0.3, 0.4) is 0 Å². The third-order valence-corrected chi connectivity index (χ3v) is 4.40. The number of anilines is 2. The number of aromatic hydroxyl groups is 1. The van der Waals surface area contributed by atoms with E-state index in [4.69, 9.17) is 15.0 Å². The Balaban J connectivity index is 1.57. The average molecular weight is 346 g/mol. The minimum atomic E-state index is -0.119. The first kappa shape index (κ1) is 17.6. The molecule has 0 saturated carbocycles. The molecule has 3 rings (SSSR count). The van der Waals surface area contributed by atoms with E-state index in [2.05, 4.69) is 29.6 Å². The molecule has 1 aliphatic rings. The van der Waals surface area contributed by atoms with Crippen LogP contribution in [-0.2, 0) is 17.8 Å². The molecule has 1 aromatic heterocycles. The summed E-state index contributed by atoms with van der Waals surface area (Å²) < 4.78 is 11.1. The van der Waals surface area contributed by atoms with Crippen LogP contribution in [0.5, 0.6) is 5.75 Å². The van der Waals surface area contributed by atoms with E-state index in [9.17, 15) is 5.11 Å². The Bertz CT molecular complexity index is 714. The van der Waals surface area contributed by atoms with Gasteiger partial charge in [-0.25, -0.2) is 0 Å². The van der Waals surface area contributed by atoms with Crippen molar-refractivity contribution in [3.63, 3.8) is 0 Å². The maximum atomic E-state index is 10.1. The predicted molar refractivity (Wildman–Crippen MR) is 96.5 cm³/mol. The Morgan fingerprint density at radius 3 is 3.00 bits per heavy atom. The van der Waals surface area contributed by atoms with E-state index in [0.717, 1.165) is 25.1 Å². The van der Waals surface area contributed by atoms with Crippen LogP contribution in [-0.4, -0.2) is 28.5 Å². The summed E-state index contributed by atoms with van der Waals surface area (Å²) >= 11 is 0. The number of rotatable bonds is 6. The lowest BCUT2D eigenvalue weighted by molar-refractivity contribution is -0.0555. The Hall–Kier alpha value is -2.25. The average Bonchev–Trinajstić information content (AvgIpc) is 3.00. The minimum Gasteiger partial charge on any atom is -0.505 e. The second kappa shape index (κ2) is 7.33. The van der Waals surface area contributed by atoms with Crippen molar-refractivity contribution in [1.82, 2.24) is 5.16 Å². The zero-order chi connectivity index (χ0) is 17.9. The van der Waals surface area contributed by atoms with Gasteiger partial charge >= 0.3 is 0 Å². The highest BCUT2D eigenvalue weighted by molar-refractivity contribution is 5.59. The van der Waals surface area contributed by atoms with Crippen molar-refractivity contribution >= 4 is 11.6 Å². The summed E-state index contributed by atoms with van der Waals surface area (Å²) in [5.74, 6) is 0.829. The van der Waals surface area contributed by atoms with Gasteiger partial charge in [-0.15, -0.1) is 0 Å². The standard InChI is InChI=1S/C18H26N4O3/c1-18(2)9-13(6-7-24-18)21-16-8-14(22-25-16)11-20-15-5-3-4-12(10-19)17(15)23/h3-5,8,13,20-21,23H,6-7,9-11,19H2,1-2H3. The monoisotopic (exact) mass is 346 g/mol. The van der Waals surface area contributed by atoms with Crippen LogP contribution in [0.1, 0.15) is 37.9 Å². The van der Waals surface area contributed by atoms with Crippen molar-refractivity contribution in [3.8, 4) is 5.75 Å². The van der Waals surface area contributed by atoms with Crippen molar-refractivity contribution in [2.24, 2.45) is 5.73 Å². The van der Waals surface area contributed by atoms with Gasteiger partial charge in [0, 0.05) is 30.8 Å². The molecule has 136 valence electrons. The Labute approximate surface area is 147 Å². The number of phenols is 1. The SMILES string of the molecule is CC1(C)CC(Nc2cc(CNc3cccc(CN)c3O)no2)CCO1. The molecule has 0 radical (unpaired) electrons. The summed E-state index contributed by atoms with van der Waals surface area (Å²) in [5.41, 5.74) is 7.58. The predicted octanol–water partition coefficient (Wildman–Crippen LogP) is 2.82. The summed E-state index contributed by atoms with van der Waals surface area (Å²) in [5, 5.41) is 20.7. The smallest absolute Gasteiger partial charge is 0.225 e. The first-order chi connectivity index (χ1) is 12.0. The van der Waals surface area contributed by atoms with Gasteiger partial charge in [-0.3, -0.25) is 0 Å². The Kier molecular flexibility index (Phi) is 5.15. The highest BCUT2D eigenvalue weighted by Crippen LogP contribution is 2.28. The van der Waals surface area contributed by atoms with Gasteiger partial charge in [0.1, 0.15) is 11.4 Å². The van der Waals surface area contributed by atoms with E-state index >= 15 is 0 Å². The largest absolute Gasteiger partial charge is 0.505 e. The number of nitrogens with two attached hydrogens (primary N) is 1. The number of para-hydroxylation sites is 1. The van der Waals surface area contributed by atoms with Crippen LogP contribution >= 0.6 is 0 Å². The molecule has 1 unspecified atom stereocenters. The Morgan fingerprint density at radius 1 is 1.40 bits per heavy atom. The number of ether oxygens (including phenoxy) is 1. The summed E-state index contributed by atoms with van der Waals surface area (Å²) in [6.45, 7) is 5.67. The number of nitrogens with zero attached hydrogens (tertiary/aromatic N) is 1. The van der Waals surface area contributed by atoms with Crippen LogP contribution < -0.4 is 16.4 Å². The number of hydrogen-bond acceptors (Lipinski definition) is 7. The second-order valence-corrected chi connectivity index (χ2v) is 7.00. The topological polar surface area (TPSA) is 106 Å². The maximum absolute atomic E-state index is 10.1. The summed E-state index contributed by atoms with van der Waals surface area (Å²) in [4.78, 5) is 0. The molecule has 0 bridgehead atoms. The number of phenolic OH excluding ortho intramolecular Hbond substituents is 1. The maximum Gasteiger partial charge on any atom is 0.225 e. The fraction of sp³-hybridized carbons (Fsp3) is 0.500. The second-order valence-electron chi connectivity index (χ2n) is 7.00. The minimum absolute atomic E-state index is 0.119. The van der Waals surface area contributed by atoms with Crippen molar-refractivity contribution < 1.29 is 14.4 Å². The Morgan fingerprint density at radius 2 is 2.24 bits per heavy atom. The zero-order valence-electron chi connectivity index (χ0n) is 14.7. The van der Waals surface area contributed by atoms with Crippen molar-refractivity contribution in [2.75, 3.05) is 17.2 Å². The van der Waals surface area contributed by atoms with Gasteiger partial charge in [-0.2, -0.15) is 0 Å². The number of aromatic nitrogens is 1. The molecule has 2 aromatic rings. The molecule has 1 atom stereocenters. The van der Waals surface area contributed by atoms with Gasteiger partial charge in [0.25, 0.3) is 0 Å². The quantitative estimate of drug-likeness (QED) is 0.596. The van der Waals surface area contributed by atoms with E-state index in [1.165, 1.54) is 0 Å². The molecule has 1 aliphatic heterocycles. The van der Waals surface area contributed by atoms with Crippen molar-refractivity contribution in [3.05, 3.63) is 35.5 Å². The summed E-state index contributed by atoms with van der Waals surface area (Å²) in [7, 11) is 0. The van der Waals surface area contributed by atoms with Gasteiger partial charge < -0.3 is 30.7 Å². The summed E-state index contributed by atoms with van der Waals surface area (Å²) in [6.07, 6.45) is 1.86. The molecule has 1 fully saturated rings. The van der Waals surface area contributed by atoms with Crippen molar-refractivity contribution in [2.45, 2.75) is 51.4 Å². The number of hydrogen-bond donors (Lipinski definition) is 4. The van der Waals surface area contributed by atoms with E-state index in [0.29, 0.717) is 36.3 Å². The molecule has 25 heavy (non-hydrogen) atoms. The molecular formula is C18H26N4O3. The van der Waals surface area contributed by atoms with Gasteiger partial charge in [0.05, 0.1) is 17.8 Å². The molecule has 7 nitrogen and oxygen atoms in total. The van der Waals surface area contributed by atoms with Crippen molar-refractivity contribution in [1.29, 1.82) is 0 Å². The van der Waals surface area contributed by atoms with Crippen LogP contribution in [0.2, 0.25) is 0 Å². The molecule has 0 amide bonds. The van der Waals surface area contributed by atoms with Crippen LogP contribution in [0, 0.1) is 0 Å². The number of nitrogens with one attached hydrogen (secondary N) is 2. The van der Waals surface area contributed by atoms with Crippen LogP contribution in [0.25, 0.3) is 0 Å². The molecule has 0 spiro atoms. The van der Waals surface area contributed by atoms with Gasteiger partial charge in [0.2, 0.25) is 5.88 Å². The van der Waals surface area contributed by atoms with Gasteiger partial charge in [0.15, 0.2) is 0 Å². The lowest BCUT2D eigenvalue weighted by Crippen LogP contribution is -2.40. The molecule has 0 aliphatic carbocycles. The lowest BCUT2D eigenvalue weighted by atomic mass is 9.94. The van der Waals surface area contributed by atoms with E-state index in [1.54, 1.807) is 12.1 Å². The third-order valence-electron chi connectivity index (χ3n) is 4.40.